The molecular formula is C23H25N3O4S. The Kier molecular flexibility index (Phi) is 6.00. The number of hydrogen-bond donors (Lipinski definition) is 2. The molecule has 4 rings (SSSR count). The minimum Gasteiger partial charge on any atom is -0.465 e. The molecule has 0 saturated carbocycles. The van der Waals surface area contributed by atoms with Gasteiger partial charge in [0.25, 0.3) is 5.56 Å². The first-order valence-electron chi connectivity index (χ1n) is 10.4. The van der Waals surface area contributed by atoms with Gasteiger partial charge < -0.3 is 15.0 Å². The average Bonchev–Trinajstić information content (AvgIpc) is 2.77. The number of fused-ring (bicyclic) bond motifs is 1. The van der Waals surface area contributed by atoms with Crippen molar-refractivity contribution in [3.05, 3.63) is 62.6 Å². The molecule has 1 aliphatic heterocycles. The molecule has 1 aromatic heterocycles. The Morgan fingerprint density at radius 3 is 2.68 bits per heavy atom. The summed E-state index contributed by atoms with van der Waals surface area (Å²) in [5.74, 6) is -0.411. The second-order valence-electron chi connectivity index (χ2n) is 7.81. The van der Waals surface area contributed by atoms with E-state index in [1.165, 1.54) is 18.9 Å². The summed E-state index contributed by atoms with van der Waals surface area (Å²) in [6.07, 6.45) is 2.92. The first-order valence-corrected chi connectivity index (χ1v) is 11.3. The Hall–Kier alpha value is -2.87. The summed E-state index contributed by atoms with van der Waals surface area (Å²) in [4.78, 5) is 45.5. The van der Waals surface area contributed by atoms with Gasteiger partial charge in [0.2, 0.25) is 0 Å². The number of thioether (sulfide) groups is 1. The Labute approximate surface area is 184 Å². The number of ketones is 1. The molecule has 1 aromatic carbocycles. The smallest absolute Gasteiger partial charge is 0.337 e. The highest BCUT2D eigenvalue weighted by atomic mass is 32.2. The minimum atomic E-state index is -0.523. The Morgan fingerprint density at radius 1 is 1.26 bits per heavy atom. The van der Waals surface area contributed by atoms with Gasteiger partial charge >= 0.3 is 5.97 Å². The van der Waals surface area contributed by atoms with Crippen LogP contribution < -0.4 is 10.9 Å². The molecule has 0 saturated heterocycles. The lowest BCUT2D eigenvalue weighted by molar-refractivity contribution is -0.116. The predicted molar refractivity (Wildman–Crippen MR) is 120 cm³/mol. The number of nitrogens with one attached hydrogen (secondary N) is 2. The first-order chi connectivity index (χ1) is 14.9. The molecule has 2 atom stereocenters. The number of hydrogen-bond acceptors (Lipinski definition) is 7. The van der Waals surface area contributed by atoms with E-state index in [0.29, 0.717) is 39.3 Å². The summed E-state index contributed by atoms with van der Waals surface area (Å²) in [7, 11) is 1.33. The molecule has 0 unspecified atom stereocenters. The van der Waals surface area contributed by atoms with Crippen molar-refractivity contribution >= 4 is 29.3 Å². The van der Waals surface area contributed by atoms with Crippen molar-refractivity contribution in [1.29, 1.82) is 0 Å². The maximum absolute atomic E-state index is 13.2. The van der Waals surface area contributed by atoms with Crippen LogP contribution in [0, 0.1) is 0 Å². The number of benzene rings is 1. The van der Waals surface area contributed by atoms with Crippen LogP contribution in [0.5, 0.6) is 0 Å². The van der Waals surface area contributed by atoms with E-state index in [9.17, 15) is 14.4 Å². The van der Waals surface area contributed by atoms with E-state index in [1.807, 2.05) is 0 Å². The van der Waals surface area contributed by atoms with Crippen LogP contribution in [0.4, 0.5) is 5.82 Å². The molecule has 0 spiro atoms. The first kappa shape index (κ1) is 21.4. The predicted octanol–water partition coefficient (Wildman–Crippen LogP) is 4.01. The van der Waals surface area contributed by atoms with Gasteiger partial charge in [0.1, 0.15) is 5.82 Å². The number of H-pyrrole nitrogens is 1. The molecule has 0 bridgehead atoms. The second kappa shape index (κ2) is 8.70. The van der Waals surface area contributed by atoms with E-state index in [0.717, 1.165) is 30.5 Å². The highest BCUT2D eigenvalue weighted by Crippen LogP contribution is 2.43. The molecular weight excluding hydrogens is 414 g/mol. The molecule has 162 valence electrons. The molecule has 7 nitrogen and oxygen atoms in total. The van der Waals surface area contributed by atoms with Gasteiger partial charge in [0.05, 0.1) is 18.2 Å². The van der Waals surface area contributed by atoms with Crippen molar-refractivity contribution in [3.8, 4) is 0 Å². The molecule has 0 radical (unpaired) electrons. The van der Waals surface area contributed by atoms with E-state index in [-0.39, 0.29) is 11.3 Å². The number of carbonyl (C=O) groups is 2. The summed E-state index contributed by atoms with van der Waals surface area (Å²) in [6.45, 7) is 4.18. The van der Waals surface area contributed by atoms with Crippen LogP contribution in [0.1, 0.15) is 66.9 Å². The van der Waals surface area contributed by atoms with Crippen LogP contribution in [-0.2, 0) is 9.53 Å². The number of aromatic amines is 1. The maximum atomic E-state index is 13.2. The normalized spacial score (nSPS) is 18.7. The summed E-state index contributed by atoms with van der Waals surface area (Å²) in [5.41, 5.74) is 2.83. The zero-order chi connectivity index (χ0) is 22.1. The second-order valence-corrected chi connectivity index (χ2v) is 9.24. The summed E-state index contributed by atoms with van der Waals surface area (Å²) < 4.78 is 4.77. The lowest BCUT2D eigenvalue weighted by Gasteiger charge is -2.32. The monoisotopic (exact) mass is 439 g/mol. The number of carbonyl (C=O) groups excluding carboxylic acids is 2. The number of esters is 1. The van der Waals surface area contributed by atoms with Crippen molar-refractivity contribution < 1.29 is 14.3 Å². The van der Waals surface area contributed by atoms with E-state index < -0.39 is 11.9 Å². The topological polar surface area (TPSA) is 101 Å². The highest BCUT2D eigenvalue weighted by molar-refractivity contribution is 7.99. The molecule has 1 aliphatic carbocycles. The number of anilines is 1. The van der Waals surface area contributed by atoms with Crippen LogP contribution in [-0.4, -0.2) is 34.1 Å². The van der Waals surface area contributed by atoms with Gasteiger partial charge in [-0.3, -0.25) is 9.59 Å². The zero-order valence-electron chi connectivity index (χ0n) is 17.8. The summed E-state index contributed by atoms with van der Waals surface area (Å²) >= 11 is 1.52. The van der Waals surface area contributed by atoms with Crippen LogP contribution in [0.15, 0.2) is 45.5 Å². The minimum absolute atomic E-state index is 0.0406. The third kappa shape index (κ3) is 4.04. The average molecular weight is 440 g/mol. The van der Waals surface area contributed by atoms with Crippen LogP contribution in [0.3, 0.4) is 0 Å². The van der Waals surface area contributed by atoms with Gasteiger partial charge in [-0.15, -0.1) is 0 Å². The number of methoxy groups -OCH3 is 1. The number of rotatable bonds is 5. The standard InChI is InChI=1S/C23H25N3O4S/c1-4-12(2)31-23-25-20-19(21(28)26-23)17(18-15(24-20)6-5-7-16(18)27)13-8-10-14(11-9-13)22(29)30-3/h8-12,17H,4-7H2,1-3H3,(H2,24,25,26,28)/t12-,17-/m1/s1. The van der Waals surface area contributed by atoms with E-state index in [1.54, 1.807) is 24.3 Å². The van der Waals surface area contributed by atoms with Gasteiger partial charge in [0.15, 0.2) is 10.9 Å². The van der Waals surface area contributed by atoms with Gasteiger partial charge in [0, 0.05) is 28.9 Å². The fraction of sp³-hybridized carbons (Fsp3) is 0.391. The number of allylic oxidation sites excluding steroid dienone is 2. The number of ether oxygens (including phenoxy) is 1. The third-order valence-electron chi connectivity index (χ3n) is 5.79. The van der Waals surface area contributed by atoms with Crippen molar-refractivity contribution in [2.24, 2.45) is 0 Å². The molecule has 2 aliphatic rings. The van der Waals surface area contributed by atoms with Crippen molar-refractivity contribution in [2.75, 3.05) is 12.4 Å². The third-order valence-corrected chi connectivity index (χ3v) is 6.94. The van der Waals surface area contributed by atoms with Gasteiger partial charge in [-0.1, -0.05) is 37.7 Å². The van der Waals surface area contributed by atoms with Gasteiger partial charge in [-0.25, -0.2) is 9.78 Å². The highest BCUT2D eigenvalue weighted by Gasteiger charge is 2.38. The van der Waals surface area contributed by atoms with Crippen LogP contribution in [0.25, 0.3) is 0 Å². The Morgan fingerprint density at radius 2 is 2.00 bits per heavy atom. The molecule has 0 fully saturated rings. The molecule has 2 aromatic rings. The zero-order valence-corrected chi connectivity index (χ0v) is 18.6. The summed E-state index contributed by atoms with van der Waals surface area (Å²) in [5, 5.41) is 4.16. The van der Waals surface area contributed by atoms with Crippen molar-refractivity contribution in [1.82, 2.24) is 9.97 Å². The molecule has 2 heterocycles. The Bertz CT molecular complexity index is 1120. The molecule has 2 N–H and O–H groups in total. The molecule has 8 heteroatoms. The number of Topliss-reactive ketones (excluding diaryl/α,β-unsaturated/α-hetero) is 1. The van der Waals surface area contributed by atoms with Crippen molar-refractivity contribution in [2.45, 2.75) is 55.9 Å². The largest absolute Gasteiger partial charge is 0.465 e. The quantitative estimate of drug-likeness (QED) is 0.412. The van der Waals surface area contributed by atoms with E-state index in [2.05, 4.69) is 29.1 Å². The number of nitrogens with zero attached hydrogens (tertiary/aromatic N) is 1. The lowest BCUT2D eigenvalue weighted by atomic mass is 9.76. The van der Waals surface area contributed by atoms with Crippen LogP contribution >= 0.6 is 11.8 Å². The molecule has 31 heavy (non-hydrogen) atoms. The van der Waals surface area contributed by atoms with Crippen molar-refractivity contribution in [3.63, 3.8) is 0 Å². The SMILES string of the molecule is CC[C@@H](C)Sc1nc2c(c(=O)[nH]1)[C@H](c1ccc(C(=O)OC)cc1)C1=C(CCCC1=O)N2. The maximum Gasteiger partial charge on any atom is 0.337 e. The van der Waals surface area contributed by atoms with E-state index in [4.69, 9.17) is 4.74 Å². The van der Waals surface area contributed by atoms with E-state index >= 15 is 0 Å². The fourth-order valence-corrected chi connectivity index (χ4v) is 4.88. The van der Waals surface area contributed by atoms with Crippen LogP contribution in [0.2, 0.25) is 0 Å². The van der Waals surface area contributed by atoms with Gasteiger partial charge in [-0.05, 0) is 37.0 Å². The summed E-state index contributed by atoms with van der Waals surface area (Å²) in [6, 6.07) is 6.87. The molecule has 0 amide bonds. The lowest BCUT2D eigenvalue weighted by Crippen LogP contribution is -2.32. The van der Waals surface area contributed by atoms with Gasteiger partial charge in [-0.2, -0.15) is 0 Å². The fourth-order valence-electron chi connectivity index (χ4n) is 4.03. The Balaban J connectivity index is 1.84. The number of aromatic nitrogens is 2.